The number of rotatable bonds is 3. The highest BCUT2D eigenvalue weighted by Crippen LogP contribution is 2.18. The number of hydrazine groups is 1. The molecule has 7 heteroatoms. The van der Waals surface area contributed by atoms with Crippen molar-refractivity contribution in [2.75, 3.05) is 10.7 Å². The van der Waals surface area contributed by atoms with E-state index < -0.39 is 0 Å². The topological polar surface area (TPSA) is 92.9 Å². The average Bonchev–Trinajstić information content (AvgIpc) is 2.40. The normalized spacial score (nSPS) is 9.89. The third-order valence-corrected chi connectivity index (χ3v) is 2.59. The maximum Gasteiger partial charge on any atom is 0.259 e. The summed E-state index contributed by atoms with van der Waals surface area (Å²) in [5.41, 5.74) is 3.33. The first-order chi connectivity index (χ1) is 8.70. The van der Waals surface area contributed by atoms with Gasteiger partial charge in [-0.2, -0.15) is 0 Å². The van der Waals surface area contributed by atoms with E-state index in [1.165, 1.54) is 0 Å². The van der Waals surface area contributed by atoms with Crippen molar-refractivity contribution in [2.24, 2.45) is 5.84 Å². The summed E-state index contributed by atoms with van der Waals surface area (Å²) >= 11 is 3.26. The second-order valence-electron chi connectivity index (χ2n) is 3.39. The van der Waals surface area contributed by atoms with Crippen molar-refractivity contribution in [1.29, 1.82) is 0 Å². The lowest BCUT2D eigenvalue weighted by atomic mass is 10.2. The Morgan fingerprint density at radius 3 is 2.89 bits per heavy atom. The zero-order valence-corrected chi connectivity index (χ0v) is 10.8. The molecule has 0 saturated carbocycles. The summed E-state index contributed by atoms with van der Waals surface area (Å²) in [4.78, 5) is 20.0. The van der Waals surface area contributed by atoms with E-state index in [0.29, 0.717) is 21.5 Å². The second kappa shape index (κ2) is 5.56. The summed E-state index contributed by atoms with van der Waals surface area (Å²) < 4.78 is 0.692. The van der Waals surface area contributed by atoms with Crippen LogP contribution in [0.4, 0.5) is 11.5 Å². The number of carbonyl (C=O) groups is 1. The standard InChI is InChI=1S/C11H10BrN5O/c12-7-4-9(10(17-13)15-5-7)11(18)16-8-2-1-3-14-6-8/h1-6H,13H2,(H,15,17)(H,16,18). The summed E-state index contributed by atoms with van der Waals surface area (Å²) in [6, 6.07) is 5.11. The number of nitrogen functional groups attached to an aromatic ring is 1. The number of pyridine rings is 2. The molecule has 4 N–H and O–H groups in total. The Balaban J connectivity index is 2.26. The number of hydrogen-bond donors (Lipinski definition) is 3. The molecule has 0 fully saturated rings. The molecule has 0 radical (unpaired) electrons. The molecule has 0 spiro atoms. The molecule has 0 aliphatic heterocycles. The number of anilines is 2. The summed E-state index contributed by atoms with van der Waals surface area (Å²) in [7, 11) is 0. The molecular weight excluding hydrogens is 298 g/mol. The molecule has 0 saturated heterocycles. The summed E-state index contributed by atoms with van der Waals surface area (Å²) in [5, 5.41) is 2.70. The zero-order chi connectivity index (χ0) is 13.0. The quantitative estimate of drug-likeness (QED) is 0.593. The van der Waals surface area contributed by atoms with Gasteiger partial charge in [0.25, 0.3) is 5.91 Å². The van der Waals surface area contributed by atoms with Gasteiger partial charge >= 0.3 is 0 Å². The first kappa shape index (κ1) is 12.5. The molecule has 6 nitrogen and oxygen atoms in total. The Morgan fingerprint density at radius 2 is 2.22 bits per heavy atom. The maximum absolute atomic E-state index is 12.1. The van der Waals surface area contributed by atoms with E-state index in [1.807, 2.05) is 0 Å². The molecule has 2 heterocycles. The Bertz CT molecular complexity index is 561. The van der Waals surface area contributed by atoms with Crippen LogP contribution in [0.25, 0.3) is 0 Å². The Labute approximate surface area is 112 Å². The van der Waals surface area contributed by atoms with Crippen molar-refractivity contribution in [3.8, 4) is 0 Å². The summed E-state index contributed by atoms with van der Waals surface area (Å²) in [6.45, 7) is 0. The van der Waals surface area contributed by atoms with Crippen LogP contribution in [0.5, 0.6) is 0 Å². The molecule has 0 bridgehead atoms. The van der Waals surface area contributed by atoms with Gasteiger partial charge in [-0.05, 0) is 34.1 Å². The van der Waals surface area contributed by atoms with Gasteiger partial charge in [0.2, 0.25) is 0 Å². The van der Waals surface area contributed by atoms with Crippen LogP contribution in [0, 0.1) is 0 Å². The van der Waals surface area contributed by atoms with E-state index in [-0.39, 0.29) is 5.91 Å². The fraction of sp³-hybridized carbons (Fsp3) is 0. The van der Waals surface area contributed by atoms with Crippen LogP contribution >= 0.6 is 15.9 Å². The van der Waals surface area contributed by atoms with Gasteiger partial charge in [-0.3, -0.25) is 9.78 Å². The summed E-state index contributed by atoms with van der Waals surface area (Å²) in [6.07, 6.45) is 4.73. The van der Waals surface area contributed by atoms with Crippen molar-refractivity contribution in [3.63, 3.8) is 0 Å². The van der Waals surface area contributed by atoms with E-state index in [0.717, 1.165) is 0 Å². The molecule has 2 aromatic heterocycles. The lowest BCUT2D eigenvalue weighted by molar-refractivity contribution is 0.102. The van der Waals surface area contributed by atoms with Gasteiger partial charge in [0.15, 0.2) is 5.82 Å². The fourth-order valence-corrected chi connectivity index (χ4v) is 1.69. The lowest BCUT2D eigenvalue weighted by Crippen LogP contribution is -2.18. The number of hydrogen-bond acceptors (Lipinski definition) is 5. The number of aromatic nitrogens is 2. The van der Waals surface area contributed by atoms with Gasteiger partial charge in [-0.25, -0.2) is 10.8 Å². The van der Waals surface area contributed by atoms with Crippen LogP contribution in [0.15, 0.2) is 41.3 Å². The van der Waals surface area contributed by atoms with E-state index in [9.17, 15) is 4.79 Å². The van der Waals surface area contributed by atoms with Crippen molar-refractivity contribution in [2.45, 2.75) is 0 Å². The predicted octanol–water partition coefficient (Wildman–Crippen LogP) is 1.78. The molecule has 0 aromatic carbocycles. The van der Waals surface area contributed by atoms with Gasteiger partial charge in [-0.1, -0.05) is 0 Å². The molecule has 2 aromatic rings. The smallest absolute Gasteiger partial charge is 0.259 e. The van der Waals surface area contributed by atoms with Crippen molar-refractivity contribution >= 4 is 33.3 Å². The summed E-state index contributed by atoms with van der Waals surface area (Å²) in [5.74, 6) is 5.30. The first-order valence-electron chi connectivity index (χ1n) is 5.04. The Kier molecular flexibility index (Phi) is 3.85. The average molecular weight is 308 g/mol. The first-order valence-corrected chi connectivity index (χ1v) is 5.83. The third kappa shape index (κ3) is 2.82. The Morgan fingerprint density at radius 1 is 1.39 bits per heavy atom. The molecule has 0 aliphatic rings. The lowest BCUT2D eigenvalue weighted by Gasteiger charge is -2.08. The SMILES string of the molecule is NNc1ncc(Br)cc1C(=O)Nc1cccnc1. The molecule has 92 valence electrons. The van der Waals surface area contributed by atoms with Gasteiger partial charge in [0.1, 0.15) is 0 Å². The maximum atomic E-state index is 12.1. The molecule has 18 heavy (non-hydrogen) atoms. The number of nitrogens with zero attached hydrogens (tertiary/aromatic N) is 2. The van der Waals surface area contributed by atoms with Gasteiger partial charge < -0.3 is 10.7 Å². The second-order valence-corrected chi connectivity index (χ2v) is 4.31. The molecule has 1 amide bonds. The Hall–Kier alpha value is -1.99. The third-order valence-electron chi connectivity index (χ3n) is 2.16. The van der Waals surface area contributed by atoms with E-state index in [2.05, 4.69) is 36.6 Å². The predicted molar refractivity (Wildman–Crippen MR) is 71.9 cm³/mol. The largest absolute Gasteiger partial charge is 0.320 e. The van der Waals surface area contributed by atoms with Crippen LogP contribution in [0.2, 0.25) is 0 Å². The van der Waals surface area contributed by atoms with Gasteiger partial charge in [0, 0.05) is 16.9 Å². The van der Waals surface area contributed by atoms with Crippen LogP contribution < -0.4 is 16.6 Å². The van der Waals surface area contributed by atoms with Crippen molar-refractivity contribution in [1.82, 2.24) is 9.97 Å². The minimum absolute atomic E-state index is 0.305. The van der Waals surface area contributed by atoms with E-state index in [1.54, 1.807) is 36.8 Å². The number of nitrogens with two attached hydrogens (primary N) is 1. The number of halogens is 1. The minimum Gasteiger partial charge on any atom is -0.320 e. The van der Waals surface area contributed by atoms with Crippen LogP contribution in [-0.2, 0) is 0 Å². The highest BCUT2D eigenvalue weighted by molar-refractivity contribution is 9.10. The van der Waals surface area contributed by atoms with E-state index >= 15 is 0 Å². The minimum atomic E-state index is -0.315. The van der Waals surface area contributed by atoms with Crippen molar-refractivity contribution in [3.05, 3.63) is 46.8 Å². The number of carbonyl (C=O) groups excluding carboxylic acids is 1. The van der Waals surface area contributed by atoms with Crippen LogP contribution in [0.1, 0.15) is 10.4 Å². The highest BCUT2D eigenvalue weighted by atomic mass is 79.9. The molecule has 0 unspecified atom stereocenters. The van der Waals surface area contributed by atoms with Crippen LogP contribution in [-0.4, -0.2) is 15.9 Å². The van der Waals surface area contributed by atoms with E-state index in [4.69, 9.17) is 5.84 Å². The van der Waals surface area contributed by atoms with Crippen LogP contribution in [0.3, 0.4) is 0 Å². The van der Waals surface area contributed by atoms with Crippen molar-refractivity contribution < 1.29 is 4.79 Å². The highest BCUT2D eigenvalue weighted by Gasteiger charge is 2.13. The monoisotopic (exact) mass is 307 g/mol. The molecule has 0 atom stereocenters. The zero-order valence-electron chi connectivity index (χ0n) is 9.22. The number of amides is 1. The molecular formula is C11H10BrN5O. The number of nitrogens with one attached hydrogen (secondary N) is 2. The van der Waals surface area contributed by atoms with Gasteiger partial charge in [0.05, 0.1) is 17.4 Å². The fourth-order valence-electron chi connectivity index (χ4n) is 1.36. The van der Waals surface area contributed by atoms with Gasteiger partial charge in [-0.15, -0.1) is 0 Å². The molecule has 2 rings (SSSR count). The molecule has 0 aliphatic carbocycles.